The van der Waals surface area contributed by atoms with Crippen LogP contribution in [0.25, 0.3) is 0 Å². The second kappa shape index (κ2) is 5.49. The largest absolute Gasteiger partial charge is 0.349 e. The normalized spacial score (nSPS) is 24.2. The number of halogens is 1. The second-order valence-corrected chi connectivity index (χ2v) is 7.04. The summed E-state index contributed by atoms with van der Waals surface area (Å²) in [6.07, 6.45) is 5.94. The van der Waals surface area contributed by atoms with E-state index in [9.17, 15) is 4.79 Å². The van der Waals surface area contributed by atoms with Crippen molar-refractivity contribution in [2.45, 2.75) is 50.6 Å². The lowest BCUT2D eigenvalue weighted by atomic mass is 9.70. The zero-order valence-electron chi connectivity index (χ0n) is 11.8. The number of amides is 1. The summed E-state index contributed by atoms with van der Waals surface area (Å²) >= 11 is 3.49. The van der Waals surface area contributed by atoms with Gasteiger partial charge in [0.15, 0.2) is 0 Å². The van der Waals surface area contributed by atoms with Crippen LogP contribution >= 0.6 is 15.9 Å². The summed E-state index contributed by atoms with van der Waals surface area (Å²) in [4.78, 5) is 12.3. The molecule has 4 heteroatoms. The lowest BCUT2D eigenvalue weighted by Gasteiger charge is -2.48. The number of piperidine rings is 1. The first kappa shape index (κ1) is 14.1. The molecule has 0 bridgehead atoms. The van der Waals surface area contributed by atoms with Crippen LogP contribution in [0.4, 0.5) is 0 Å². The first-order valence-corrected chi connectivity index (χ1v) is 8.19. The molecule has 1 atom stereocenters. The lowest BCUT2D eigenvalue weighted by Crippen LogP contribution is -2.59. The molecule has 1 unspecified atom stereocenters. The Hall–Kier alpha value is -0.870. The summed E-state index contributed by atoms with van der Waals surface area (Å²) in [6.45, 7) is 3.04. The maximum atomic E-state index is 12.3. The van der Waals surface area contributed by atoms with Crippen LogP contribution in [-0.2, 0) is 0 Å². The quantitative estimate of drug-likeness (QED) is 0.870. The number of hydrogen-bond donors (Lipinski definition) is 2. The molecule has 1 aliphatic heterocycles. The molecule has 0 radical (unpaired) electrons. The molecule has 2 fully saturated rings. The van der Waals surface area contributed by atoms with Crippen molar-refractivity contribution in [3.05, 3.63) is 33.8 Å². The van der Waals surface area contributed by atoms with E-state index in [0.29, 0.717) is 11.6 Å². The van der Waals surface area contributed by atoms with Crippen LogP contribution in [-0.4, -0.2) is 24.0 Å². The van der Waals surface area contributed by atoms with Crippen LogP contribution in [0.2, 0.25) is 0 Å². The Morgan fingerprint density at radius 3 is 2.90 bits per heavy atom. The van der Waals surface area contributed by atoms with Crippen LogP contribution in [0.5, 0.6) is 0 Å². The molecule has 3 rings (SSSR count). The molecule has 108 valence electrons. The molecule has 1 spiro atoms. The summed E-state index contributed by atoms with van der Waals surface area (Å²) in [7, 11) is 0. The standard InChI is InChI=1S/C16H21BrN2O/c1-11-3-4-12(9-14(11)17)15(20)19-13-5-8-18-16(10-13)6-2-7-16/h3-4,9,13,18H,2,5-8,10H2,1H3,(H,19,20). The summed E-state index contributed by atoms with van der Waals surface area (Å²) in [5, 5.41) is 6.84. The highest BCUT2D eigenvalue weighted by atomic mass is 79.9. The average molecular weight is 337 g/mol. The van der Waals surface area contributed by atoms with Gasteiger partial charge in [0.25, 0.3) is 5.91 Å². The van der Waals surface area contributed by atoms with Gasteiger partial charge < -0.3 is 10.6 Å². The summed E-state index contributed by atoms with van der Waals surface area (Å²) in [6, 6.07) is 6.10. The van der Waals surface area contributed by atoms with E-state index in [2.05, 4.69) is 26.6 Å². The smallest absolute Gasteiger partial charge is 0.251 e. The maximum Gasteiger partial charge on any atom is 0.251 e. The molecule has 2 aliphatic rings. The molecule has 0 aromatic heterocycles. The highest BCUT2D eigenvalue weighted by Crippen LogP contribution is 2.38. The number of rotatable bonds is 2. The summed E-state index contributed by atoms with van der Waals surface area (Å²) in [5.74, 6) is 0.0482. The van der Waals surface area contributed by atoms with E-state index in [1.165, 1.54) is 19.3 Å². The van der Waals surface area contributed by atoms with Gasteiger partial charge in [-0.2, -0.15) is 0 Å². The molecule has 1 aromatic rings. The predicted molar refractivity (Wildman–Crippen MR) is 84.0 cm³/mol. The van der Waals surface area contributed by atoms with Gasteiger partial charge in [0.2, 0.25) is 0 Å². The third-order valence-corrected chi connectivity index (χ3v) is 5.56. The van der Waals surface area contributed by atoms with Gasteiger partial charge in [-0.1, -0.05) is 22.0 Å². The topological polar surface area (TPSA) is 41.1 Å². The Morgan fingerprint density at radius 1 is 1.45 bits per heavy atom. The van der Waals surface area contributed by atoms with Crippen molar-refractivity contribution in [3.8, 4) is 0 Å². The van der Waals surface area contributed by atoms with Gasteiger partial charge in [-0.25, -0.2) is 0 Å². The number of nitrogens with one attached hydrogen (secondary N) is 2. The van der Waals surface area contributed by atoms with Crippen LogP contribution in [0.3, 0.4) is 0 Å². The average Bonchev–Trinajstić information content (AvgIpc) is 2.40. The molecule has 1 aliphatic carbocycles. The molecule has 1 saturated heterocycles. The first-order valence-electron chi connectivity index (χ1n) is 7.40. The van der Waals surface area contributed by atoms with Gasteiger partial charge in [-0.15, -0.1) is 0 Å². The van der Waals surface area contributed by atoms with Crippen LogP contribution in [0.1, 0.15) is 48.0 Å². The van der Waals surface area contributed by atoms with Crippen molar-refractivity contribution >= 4 is 21.8 Å². The highest BCUT2D eigenvalue weighted by Gasteiger charge is 2.41. The number of aryl methyl sites for hydroxylation is 1. The second-order valence-electron chi connectivity index (χ2n) is 6.19. The van der Waals surface area contributed by atoms with Crippen molar-refractivity contribution in [1.29, 1.82) is 0 Å². The van der Waals surface area contributed by atoms with E-state index in [4.69, 9.17) is 0 Å². The van der Waals surface area contributed by atoms with Crippen molar-refractivity contribution in [1.82, 2.24) is 10.6 Å². The Kier molecular flexibility index (Phi) is 3.87. The Labute approximate surface area is 128 Å². The molecular formula is C16H21BrN2O. The van der Waals surface area contributed by atoms with Crippen molar-refractivity contribution in [3.63, 3.8) is 0 Å². The van der Waals surface area contributed by atoms with E-state index in [-0.39, 0.29) is 5.91 Å². The molecule has 2 N–H and O–H groups in total. The van der Waals surface area contributed by atoms with Crippen molar-refractivity contribution < 1.29 is 4.79 Å². The number of carbonyl (C=O) groups is 1. The van der Waals surface area contributed by atoms with E-state index >= 15 is 0 Å². The van der Waals surface area contributed by atoms with E-state index < -0.39 is 0 Å². The van der Waals surface area contributed by atoms with Gasteiger partial charge in [0.05, 0.1) is 0 Å². The maximum absolute atomic E-state index is 12.3. The first-order chi connectivity index (χ1) is 9.58. The zero-order chi connectivity index (χ0) is 14.2. The summed E-state index contributed by atoms with van der Waals surface area (Å²) in [5.41, 5.74) is 2.21. The Morgan fingerprint density at radius 2 is 2.25 bits per heavy atom. The fourth-order valence-corrected chi connectivity index (χ4v) is 3.65. The molecule has 1 amide bonds. The minimum Gasteiger partial charge on any atom is -0.349 e. The van der Waals surface area contributed by atoms with Crippen LogP contribution in [0, 0.1) is 6.92 Å². The van der Waals surface area contributed by atoms with E-state index in [1.54, 1.807) is 0 Å². The van der Waals surface area contributed by atoms with E-state index in [1.807, 2.05) is 25.1 Å². The monoisotopic (exact) mass is 336 g/mol. The van der Waals surface area contributed by atoms with E-state index in [0.717, 1.165) is 35.0 Å². The molecule has 3 nitrogen and oxygen atoms in total. The van der Waals surface area contributed by atoms with Crippen LogP contribution < -0.4 is 10.6 Å². The zero-order valence-corrected chi connectivity index (χ0v) is 13.4. The molecule has 1 aromatic carbocycles. The third kappa shape index (κ3) is 2.77. The Balaban J connectivity index is 1.64. The lowest BCUT2D eigenvalue weighted by molar-refractivity contribution is 0.0853. The molecule has 20 heavy (non-hydrogen) atoms. The number of benzene rings is 1. The Bertz CT molecular complexity index is 525. The molecule has 1 heterocycles. The van der Waals surface area contributed by atoms with Gasteiger partial charge in [0.1, 0.15) is 0 Å². The number of hydrogen-bond acceptors (Lipinski definition) is 2. The van der Waals surface area contributed by atoms with Crippen molar-refractivity contribution in [2.24, 2.45) is 0 Å². The number of carbonyl (C=O) groups excluding carboxylic acids is 1. The third-order valence-electron chi connectivity index (χ3n) is 4.71. The molecule has 1 saturated carbocycles. The fraction of sp³-hybridized carbons (Fsp3) is 0.562. The SMILES string of the molecule is Cc1ccc(C(=O)NC2CCNC3(CCC3)C2)cc1Br. The minimum atomic E-state index is 0.0482. The fourth-order valence-electron chi connectivity index (χ4n) is 3.27. The van der Waals surface area contributed by atoms with Gasteiger partial charge in [-0.05, 0) is 63.3 Å². The molecular weight excluding hydrogens is 316 g/mol. The van der Waals surface area contributed by atoms with Gasteiger partial charge >= 0.3 is 0 Å². The van der Waals surface area contributed by atoms with Crippen molar-refractivity contribution in [2.75, 3.05) is 6.54 Å². The van der Waals surface area contributed by atoms with Gasteiger partial charge in [-0.3, -0.25) is 4.79 Å². The summed E-state index contributed by atoms with van der Waals surface area (Å²) < 4.78 is 0.992. The highest BCUT2D eigenvalue weighted by molar-refractivity contribution is 9.10. The van der Waals surface area contributed by atoms with Gasteiger partial charge in [0, 0.05) is 21.6 Å². The predicted octanol–water partition coefficient (Wildman–Crippen LogP) is 3.16. The minimum absolute atomic E-state index is 0.0482. The van der Waals surface area contributed by atoms with Crippen LogP contribution in [0.15, 0.2) is 22.7 Å².